The molecule has 0 aromatic rings. The second-order valence-corrected chi connectivity index (χ2v) is 2.25. The fourth-order valence-electron chi connectivity index (χ4n) is 0.630. The van der Waals surface area contributed by atoms with E-state index in [9.17, 15) is 4.79 Å². The highest BCUT2D eigenvalue weighted by molar-refractivity contribution is 5.50. The molecule has 0 unspecified atom stereocenters. The molecule has 0 aromatic heterocycles. The van der Waals surface area contributed by atoms with Crippen LogP contribution >= 0.6 is 0 Å². The summed E-state index contributed by atoms with van der Waals surface area (Å²) in [6.07, 6.45) is 9.97. The van der Waals surface area contributed by atoms with E-state index in [-0.39, 0.29) is 0 Å². The Morgan fingerprint density at radius 3 is 2.73 bits per heavy atom. The van der Waals surface area contributed by atoms with Gasteiger partial charge in [-0.05, 0) is 13.3 Å². The summed E-state index contributed by atoms with van der Waals surface area (Å²) in [5, 5.41) is 0. The largest absolute Gasteiger partial charge is 0.303 e. The molecule has 0 amide bonds. The second kappa shape index (κ2) is 7.00. The highest BCUT2D eigenvalue weighted by atomic mass is 16.1. The summed E-state index contributed by atoms with van der Waals surface area (Å²) in [4.78, 5) is 9.96. The molecule has 0 aliphatic carbocycles. The number of allylic oxidation sites excluding steroid dienone is 5. The lowest BCUT2D eigenvalue weighted by molar-refractivity contribution is -0.107. The Morgan fingerprint density at radius 1 is 1.45 bits per heavy atom. The Labute approximate surface area is 68.1 Å². The first kappa shape index (κ1) is 9.89. The van der Waals surface area contributed by atoms with Gasteiger partial charge in [0.1, 0.15) is 6.29 Å². The molecule has 0 spiro atoms. The van der Waals surface area contributed by atoms with Crippen molar-refractivity contribution in [2.75, 3.05) is 0 Å². The van der Waals surface area contributed by atoms with Gasteiger partial charge in [0.15, 0.2) is 0 Å². The summed E-state index contributed by atoms with van der Waals surface area (Å²) >= 11 is 0. The average molecular weight is 150 g/mol. The third-order valence-electron chi connectivity index (χ3n) is 1.22. The van der Waals surface area contributed by atoms with Crippen LogP contribution in [-0.4, -0.2) is 6.29 Å². The Morgan fingerprint density at radius 2 is 2.18 bits per heavy atom. The van der Waals surface area contributed by atoms with Crippen molar-refractivity contribution in [2.24, 2.45) is 0 Å². The van der Waals surface area contributed by atoms with Gasteiger partial charge in [-0.3, -0.25) is 0 Å². The molecule has 0 heterocycles. The highest BCUT2D eigenvalue weighted by Gasteiger charge is 1.85. The lowest BCUT2D eigenvalue weighted by atomic mass is 10.1. The third kappa shape index (κ3) is 6.78. The average Bonchev–Trinajstić information content (AvgIpc) is 2.01. The zero-order valence-corrected chi connectivity index (χ0v) is 6.92. The van der Waals surface area contributed by atoms with Crippen LogP contribution in [0.4, 0.5) is 0 Å². The van der Waals surface area contributed by atoms with Crippen molar-refractivity contribution in [3.8, 4) is 0 Å². The van der Waals surface area contributed by atoms with Crippen molar-refractivity contribution < 1.29 is 4.79 Å². The first-order chi connectivity index (χ1) is 5.31. The van der Waals surface area contributed by atoms with E-state index in [4.69, 9.17) is 0 Å². The smallest absolute Gasteiger partial charge is 0.120 e. The molecule has 1 heteroatoms. The fraction of sp³-hybridized carbons (Fsp3) is 0.300. The molecule has 0 N–H and O–H groups in total. The number of hydrogen-bond acceptors (Lipinski definition) is 1. The predicted octanol–water partition coefficient (Wildman–Crippen LogP) is 2.65. The zero-order valence-electron chi connectivity index (χ0n) is 6.92. The summed E-state index contributed by atoms with van der Waals surface area (Å²) in [5.74, 6) is 0. The van der Waals surface area contributed by atoms with Crippen molar-refractivity contribution in [2.45, 2.75) is 19.8 Å². The van der Waals surface area contributed by atoms with Crippen LogP contribution in [0.5, 0.6) is 0 Å². The number of carbonyl (C=O) groups excluding carboxylic acids is 1. The molecule has 11 heavy (non-hydrogen) atoms. The zero-order chi connectivity index (χ0) is 8.53. The van der Waals surface area contributed by atoms with E-state index >= 15 is 0 Å². The number of rotatable bonds is 5. The van der Waals surface area contributed by atoms with Crippen LogP contribution in [0, 0.1) is 0 Å². The van der Waals surface area contributed by atoms with Crippen LogP contribution < -0.4 is 0 Å². The highest BCUT2D eigenvalue weighted by Crippen LogP contribution is 2.01. The topological polar surface area (TPSA) is 17.1 Å². The van der Waals surface area contributed by atoms with Crippen LogP contribution in [0.2, 0.25) is 0 Å². The second-order valence-electron chi connectivity index (χ2n) is 2.25. The Bertz CT molecular complexity index is 175. The summed E-state index contributed by atoms with van der Waals surface area (Å²) in [6, 6.07) is 0. The molecule has 0 saturated heterocycles. The predicted molar refractivity (Wildman–Crippen MR) is 48.4 cm³/mol. The van der Waals surface area contributed by atoms with E-state index in [1.807, 2.05) is 31.2 Å². The molecule has 0 radical (unpaired) electrons. The van der Waals surface area contributed by atoms with Crippen LogP contribution in [0.15, 0.2) is 36.5 Å². The normalized spacial score (nSPS) is 11.0. The lowest BCUT2D eigenvalue weighted by Gasteiger charge is -1.91. The van der Waals surface area contributed by atoms with Crippen molar-refractivity contribution in [1.29, 1.82) is 0 Å². The van der Waals surface area contributed by atoms with E-state index < -0.39 is 0 Å². The summed E-state index contributed by atoms with van der Waals surface area (Å²) in [6.45, 7) is 5.74. The van der Waals surface area contributed by atoms with E-state index in [1.165, 1.54) is 0 Å². The minimum absolute atomic E-state index is 0.568. The molecule has 0 fully saturated rings. The van der Waals surface area contributed by atoms with E-state index in [0.29, 0.717) is 6.42 Å². The maximum Gasteiger partial charge on any atom is 0.120 e. The molecule has 0 rings (SSSR count). The molecular weight excluding hydrogens is 136 g/mol. The van der Waals surface area contributed by atoms with Gasteiger partial charge in [-0.2, -0.15) is 0 Å². The maximum absolute atomic E-state index is 9.96. The van der Waals surface area contributed by atoms with Gasteiger partial charge in [0.2, 0.25) is 0 Å². The van der Waals surface area contributed by atoms with Crippen LogP contribution in [0.1, 0.15) is 19.8 Å². The standard InChI is InChI=1S/C10H14O/c1-3-4-5-7-10(2)8-6-9-11/h3-5,7,9H,2,6,8H2,1H3/b4-3-,7-5-. The lowest BCUT2D eigenvalue weighted by Crippen LogP contribution is -1.77. The molecule has 0 saturated carbocycles. The molecule has 0 aliphatic rings. The van der Waals surface area contributed by atoms with Crippen LogP contribution in [0.25, 0.3) is 0 Å². The molecule has 0 atom stereocenters. The van der Waals surface area contributed by atoms with E-state index in [2.05, 4.69) is 6.58 Å². The SMILES string of the molecule is C=C(/C=C\C=C/C)CCC=O. The maximum atomic E-state index is 9.96. The molecule has 1 nitrogen and oxygen atoms in total. The van der Waals surface area contributed by atoms with Gasteiger partial charge in [0, 0.05) is 6.42 Å². The van der Waals surface area contributed by atoms with Crippen molar-refractivity contribution in [3.63, 3.8) is 0 Å². The van der Waals surface area contributed by atoms with Gasteiger partial charge in [-0.15, -0.1) is 0 Å². The summed E-state index contributed by atoms with van der Waals surface area (Å²) in [5.41, 5.74) is 0.996. The molecule has 0 aromatic carbocycles. The number of aldehydes is 1. The van der Waals surface area contributed by atoms with Gasteiger partial charge in [0.25, 0.3) is 0 Å². The molecule has 60 valence electrons. The minimum Gasteiger partial charge on any atom is -0.303 e. The Balaban J connectivity index is 3.59. The number of carbonyl (C=O) groups is 1. The Kier molecular flexibility index (Phi) is 6.30. The van der Waals surface area contributed by atoms with Crippen molar-refractivity contribution >= 4 is 6.29 Å². The molecular formula is C10H14O. The fourth-order valence-corrected chi connectivity index (χ4v) is 0.630. The minimum atomic E-state index is 0.568. The first-order valence-corrected chi connectivity index (χ1v) is 3.72. The summed E-state index contributed by atoms with van der Waals surface area (Å²) in [7, 11) is 0. The number of hydrogen-bond donors (Lipinski definition) is 0. The van der Waals surface area contributed by atoms with Gasteiger partial charge >= 0.3 is 0 Å². The molecule has 0 aliphatic heterocycles. The van der Waals surface area contributed by atoms with Crippen LogP contribution in [-0.2, 0) is 4.79 Å². The van der Waals surface area contributed by atoms with Gasteiger partial charge in [-0.1, -0.05) is 36.5 Å². The monoisotopic (exact) mass is 150 g/mol. The Hall–Kier alpha value is -1.11. The van der Waals surface area contributed by atoms with E-state index in [0.717, 1.165) is 18.3 Å². The van der Waals surface area contributed by atoms with Crippen molar-refractivity contribution in [1.82, 2.24) is 0 Å². The van der Waals surface area contributed by atoms with E-state index in [1.54, 1.807) is 0 Å². The molecule has 0 bridgehead atoms. The third-order valence-corrected chi connectivity index (χ3v) is 1.22. The van der Waals surface area contributed by atoms with Gasteiger partial charge in [-0.25, -0.2) is 0 Å². The first-order valence-electron chi connectivity index (χ1n) is 3.72. The van der Waals surface area contributed by atoms with Crippen molar-refractivity contribution in [3.05, 3.63) is 36.5 Å². The quantitative estimate of drug-likeness (QED) is 0.435. The summed E-state index contributed by atoms with van der Waals surface area (Å²) < 4.78 is 0. The van der Waals surface area contributed by atoms with Gasteiger partial charge < -0.3 is 4.79 Å². The van der Waals surface area contributed by atoms with Gasteiger partial charge in [0.05, 0.1) is 0 Å². The van der Waals surface area contributed by atoms with Crippen LogP contribution in [0.3, 0.4) is 0 Å².